The van der Waals surface area contributed by atoms with E-state index < -0.39 is 0 Å². The van der Waals surface area contributed by atoms with E-state index in [1.165, 1.54) is 20.9 Å². The van der Waals surface area contributed by atoms with Gasteiger partial charge in [-0.25, -0.2) is 0 Å². The molecule has 0 spiro atoms. The second kappa shape index (κ2) is 6.41. The van der Waals surface area contributed by atoms with Crippen LogP contribution in [0.1, 0.15) is 11.1 Å². The molecule has 0 aliphatic rings. The van der Waals surface area contributed by atoms with Crippen LogP contribution in [-0.2, 0) is 6.42 Å². The highest BCUT2D eigenvalue weighted by atomic mass is 79.9. The van der Waals surface area contributed by atoms with Gasteiger partial charge in [-0.05, 0) is 49.7 Å². The normalized spacial score (nSPS) is 10.6. The van der Waals surface area contributed by atoms with Crippen LogP contribution in [-0.4, -0.2) is 6.54 Å². The molecule has 0 unspecified atom stereocenters. The Bertz CT molecular complexity index is 523. The Kier molecular flexibility index (Phi) is 4.87. The Balaban J connectivity index is 2.14. The summed E-state index contributed by atoms with van der Waals surface area (Å²) in [4.78, 5) is 2.51. The van der Waals surface area contributed by atoms with Crippen LogP contribution in [0.4, 0.5) is 0 Å². The molecule has 0 radical (unpaired) electrons. The van der Waals surface area contributed by atoms with E-state index in [0.29, 0.717) is 6.54 Å². The van der Waals surface area contributed by atoms with Crippen molar-refractivity contribution < 1.29 is 0 Å². The van der Waals surface area contributed by atoms with E-state index >= 15 is 0 Å². The van der Waals surface area contributed by atoms with Gasteiger partial charge in [0.1, 0.15) is 0 Å². The van der Waals surface area contributed by atoms with Gasteiger partial charge in [-0.2, -0.15) is 0 Å². The Morgan fingerprint density at radius 3 is 2.33 bits per heavy atom. The number of nitrogens with two attached hydrogens (primary N) is 1. The van der Waals surface area contributed by atoms with Crippen LogP contribution in [0.25, 0.3) is 0 Å². The van der Waals surface area contributed by atoms with Gasteiger partial charge in [-0.15, -0.1) is 0 Å². The monoisotopic (exact) mass is 321 g/mol. The highest BCUT2D eigenvalue weighted by molar-refractivity contribution is 9.10. The first-order valence-corrected chi connectivity index (χ1v) is 7.53. The Hall–Kier alpha value is -0.770. The fourth-order valence-corrected chi connectivity index (χ4v) is 3.28. The smallest absolute Gasteiger partial charge is 0.0219 e. The molecule has 0 atom stereocenters. The van der Waals surface area contributed by atoms with Gasteiger partial charge in [0.2, 0.25) is 0 Å². The van der Waals surface area contributed by atoms with Gasteiger partial charge in [-0.1, -0.05) is 51.5 Å². The minimum Gasteiger partial charge on any atom is -0.330 e. The summed E-state index contributed by atoms with van der Waals surface area (Å²) in [6, 6.07) is 15.0. The van der Waals surface area contributed by atoms with Gasteiger partial charge in [-0.3, -0.25) is 0 Å². The van der Waals surface area contributed by atoms with Crippen LogP contribution in [0, 0.1) is 6.92 Å². The fraction of sp³-hybridized carbons (Fsp3) is 0.200. The lowest BCUT2D eigenvalue weighted by atomic mass is 10.1. The predicted octanol–water partition coefficient (Wildman–Crippen LogP) is 4.41. The van der Waals surface area contributed by atoms with E-state index in [1.807, 2.05) is 0 Å². The summed E-state index contributed by atoms with van der Waals surface area (Å²) in [6.07, 6.45) is 0.913. The molecule has 0 amide bonds. The molecular weight excluding hydrogens is 306 g/mol. The number of benzene rings is 2. The molecule has 0 fully saturated rings. The quantitative estimate of drug-likeness (QED) is 0.902. The van der Waals surface area contributed by atoms with Crippen molar-refractivity contribution in [2.75, 3.05) is 6.54 Å². The van der Waals surface area contributed by atoms with Gasteiger partial charge in [0.15, 0.2) is 0 Å². The topological polar surface area (TPSA) is 26.0 Å². The summed E-state index contributed by atoms with van der Waals surface area (Å²) in [6.45, 7) is 2.79. The van der Waals surface area contributed by atoms with Crippen LogP contribution in [0.5, 0.6) is 0 Å². The first kappa shape index (κ1) is 13.7. The molecule has 94 valence electrons. The summed E-state index contributed by atoms with van der Waals surface area (Å²) < 4.78 is 1.14. The van der Waals surface area contributed by atoms with Crippen LogP contribution in [0.3, 0.4) is 0 Å². The second-order valence-corrected chi connectivity index (χ2v) is 6.21. The zero-order valence-electron chi connectivity index (χ0n) is 10.3. The standard InChI is InChI=1S/C15H16BrNS/c1-11-2-5-13(6-3-11)18-14-7-4-12(8-9-17)15(16)10-14/h2-7,10H,8-9,17H2,1H3. The maximum Gasteiger partial charge on any atom is 0.0219 e. The highest BCUT2D eigenvalue weighted by Gasteiger charge is 2.02. The van der Waals surface area contributed by atoms with Gasteiger partial charge < -0.3 is 5.73 Å². The number of halogens is 1. The van der Waals surface area contributed by atoms with Crippen molar-refractivity contribution in [2.45, 2.75) is 23.1 Å². The summed E-state index contributed by atoms with van der Waals surface area (Å²) in [7, 11) is 0. The summed E-state index contributed by atoms with van der Waals surface area (Å²) in [5.41, 5.74) is 8.14. The molecule has 18 heavy (non-hydrogen) atoms. The van der Waals surface area contributed by atoms with Crippen molar-refractivity contribution in [3.8, 4) is 0 Å². The first-order chi connectivity index (χ1) is 8.69. The predicted molar refractivity (Wildman–Crippen MR) is 82.2 cm³/mol. The molecule has 2 rings (SSSR count). The lowest BCUT2D eigenvalue weighted by Gasteiger charge is -2.06. The second-order valence-electron chi connectivity index (χ2n) is 4.21. The molecule has 3 heteroatoms. The molecule has 0 bridgehead atoms. The van der Waals surface area contributed by atoms with Gasteiger partial charge in [0.25, 0.3) is 0 Å². The molecule has 2 aromatic rings. The van der Waals surface area contributed by atoms with Crippen molar-refractivity contribution in [3.05, 3.63) is 58.1 Å². The van der Waals surface area contributed by atoms with Crippen molar-refractivity contribution >= 4 is 27.7 Å². The molecule has 2 aromatic carbocycles. The van der Waals surface area contributed by atoms with Crippen LogP contribution >= 0.6 is 27.7 Å². The molecule has 0 saturated heterocycles. The van der Waals surface area contributed by atoms with E-state index in [4.69, 9.17) is 5.73 Å². The highest BCUT2D eigenvalue weighted by Crippen LogP contribution is 2.31. The van der Waals surface area contributed by atoms with Gasteiger partial charge in [0.05, 0.1) is 0 Å². The Morgan fingerprint density at radius 2 is 1.72 bits per heavy atom. The number of aryl methyl sites for hydroxylation is 1. The average Bonchev–Trinajstić information content (AvgIpc) is 2.36. The summed E-state index contributed by atoms with van der Waals surface area (Å²) in [5, 5.41) is 0. The number of rotatable bonds is 4. The zero-order chi connectivity index (χ0) is 13.0. The molecule has 0 aliphatic carbocycles. The lowest BCUT2D eigenvalue weighted by Crippen LogP contribution is -2.03. The third kappa shape index (κ3) is 3.61. The molecule has 2 N–H and O–H groups in total. The van der Waals surface area contributed by atoms with Crippen molar-refractivity contribution in [1.29, 1.82) is 0 Å². The summed E-state index contributed by atoms with van der Waals surface area (Å²) in [5.74, 6) is 0. The van der Waals surface area contributed by atoms with E-state index in [0.717, 1.165) is 10.9 Å². The third-order valence-corrected chi connectivity index (χ3v) is 4.43. The van der Waals surface area contributed by atoms with Crippen molar-refractivity contribution in [2.24, 2.45) is 5.73 Å². The van der Waals surface area contributed by atoms with Crippen molar-refractivity contribution in [3.63, 3.8) is 0 Å². The first-order valence-electron chi connectivity index (χ1n) is 5.92. The Labute approximate surface area is 121 Å². The number of hydrogen-bond donors (Lipinski definition) is 1. The zero-order valence-corrected chi connectivity index (χ0v) is 12.7. The number of hydrogen-bond acceptors (Lipinski definition) is 2. The van der Waals surface area contributed by atoms with Gasteiger partial charge >= 0.3 is 0 Å². The maximum atomic E-state index is 5.58. The SMILES string of the molecule is Cc1ccc(Sc2ccc(CCN)c(Br)c2)cc1. The Morgan fingerprint density at radius 1 is 1.06 bits per heavy atom. The average molecular weight is 322 g/mol. The van der Waals surface area contributed by atoms with Crippen LogP contribution in [0.2, 0.25) is 0 Å². The lowest BCUT2D eigenvalue weighted by molar-refractivity contribution is 0.960. The van der Waals surface area contributed by atoms with E-state index in [-0.39, 0.29) is 0 Å². The minimum absolute atomic E-state index is 0.684. The molecular formula is C15H16BrNS. The maximum absolute atomic E-state index is 5.58. The van der Waals surface area contributed by atoms with E-state index in [1.54, 1.807) is 11.8 Å². The molecule has 1 nitrogen and oxygen atoms in total. The summed E-state index contributed by atoms with van der Waals surface area (Å²) >= 11 is 5.38. The van der Waals surface area contributed by atoms with Crippen molar-refractivity contribution in [1.82, 2.24) is 0 Å². The fourth-order valence-electron chi connectivity index (χ4n) is 1.69. The van der Waals surface area contributed by atoms with Gasteiger partial charge in [0, 0.05) is 14.3 Å². The largest absolute Gasteiger partial charge is 0.330 e. The van der Waals surface area contributed by atoms with Crippen LogP contribution in [0.15, 0.2) is 56.7 Å². The van der Waals surface area contributed by atoms with E-state index in [9.17, 15) is 0 Å². The molecule has 0 heterocycles. The minimum atomic E-state index is 0.684. The molecule has 0 saturated carbocycles. The van der Waals surface area contributed by atoms with E-state index in [2.05, 4.69) is 65.3 Å². The third-order valence-electron chi connectivity index (χ3n) is 2.69. The van der Waals surface area contributed by atoms with Crippen LogP contribution < -0.4 is 5.73 Å². The molecule has 0 aliphatic heterocycles. The molecule has 0 aromatic heterocycles.